The van der Waals surface area contributed by atoms with Crippen LogP contribution in [0.15, 0.2) is 72.8 Å². The molecule has 3 rings (SSSR count). The van der Waals surface area contributed by atoms with Crippen molar-refractivity contribution in [2.75, 3.05) is 11.5 Å². The molecule has 0 heterocycles. The third kappa shape index (κ3) is 2.12. The smallest absolute Gasteiger partial charge is 0.0414 e. The minimum Gasteiger partial charge on any atom is -0.398 e. The summed E-state index contributed by atoms with van der Waals surface area (Å²) in [5.74, 6) is 0. The van der Waals surface area contributed by atoms with Gasteiger partial charge in [-0.05, 0) is 28.8 Å². The van der Waals surface area contributed by atoms with E-state index in [4.69, 9.17) is 11.5 Å². The Balaban J connectivity index is 2.26. The molecule has 4 N–H and O–H groups in total. The van der Waals surface area contributed by atoms with Crippen LogP contribution in [-0.2, 0) is 0 Å². The lowest BCUT2D eigenvalue weighted by atomic mass is 9.93. The van der Waals surface area contributed by atoms with E-state index >= 15 is 0 Å². The van der Waals surface area contributed by atoms with Gasteiger partial charge in [0, 0.05) is 16.9 Å². The molecule has 0 bridgehead atoms. The molecule has 0 aromatic heterocycles. The Morgan fingerprint density at radius 3 is 1.70 bits per heavy atom. The molecule has 3 aromatic carbocycles. The summed E-state index contributed by atoms with van der Waals surface area (Å²) in [6.45, 7) is 0. The minimum atomic E-state index is 0.702. The van der Waals surface area contributed by atoms with Gasteiger partial charge in [0.2, 0.25) is 0 Å². The fourth-order valence-corrected chi connectivity index (χ4v) is 2.47. The molecule has 0 aliphatic carbocycles. The summed E-state index contributed by atoms with van der Waals surface area (Å²) in [5.41, 5.74) is 17.9. The number of benzene rings is 3. The van der Waals surface area contributed by atoms with Crippen molar-refractivity contribution >= 4 is 11.4 Å². The van der Waals surface area contributed by atoms with E-state index in [0.717, 1.165) is 22.3 Å². The molecule has 3 aromatic rings. The fraction of sp³-hybridized carbons (Fsp3) is 0. The van der Waals surface area contributed by atoms with Crippen molar-refractivity contribution < 1.29 is 0 Å². The van der Waals surface area contributed by atoms with Gasteiger partial charge in [-0.3, -0.25) is 0 Å². The maximum Gasteiger partial charge on any atom is 0.0414 e. The largest absolute Gasteiger partial charge is 0.398 e. The highest BCUT2D eigenvalue weighted by molar-refractivity contribution is 5.94. The molecule has 0 amide bonds. The molecule has 0 spiro atoms. The third-order valence-corrected chi connectivity index (χ3v) is 3.41. The fourth-order valence-electron chi connectivity index (χ4n) is 2.47. The first-order valence-corrected chi connectivity index (χ1v) is 6.56. The number of anilines is 2. The van der Waals surface area contributed by atoms with Crippen LogP contribution >= 0.6 is 0 Å². The summed E-state index contributed by atoms with van der Waals surface area (Å²) in [4.78, 5) is 0. The normalized spacial score (nSPS) is 10.4. The van der Waals surface area contributed by atoms with Crippen molar-refractivity contribution in [3.05, 3.63) is 72.8 Å². The van der Waals surface area contributed by atoms with Gasteiger partial charge in [-0.15, -0.1) is 0 Å². The predicted octanol–water partition coefficient (Wildman–Crippen LogP) is 4.19. The zero-order valence-electron chi connectivity index (χ0n) is 11.1. The number of hydrogen-bond donors (Lipinski definition) is 2. The van der Waals surface area contributed by atoms with E-state index in [1.54, 1.807) is 0 Å². The second-order valence-corrected chi connectivity index (χ2v) is 4.72. The highest BCUT2D eigenvalue weighted by Crippen LogP contribution is 2.38. The average molecular weight is 260 g/mol. The quantitative estimate of drug-likeness (QED) is 0.679. The van der Waals surface area contributed by atoms with Crippen molar-refractivity contribution in [2.45, 2.75) is 0 Å². The van der Waals surface area contributed by atoms with E-state index in [2.05, 4.69) is 24.3 Å². The number of nitrogen functional groups attached to an aromatic ring is 2. The monoisotopic (exact) mass is 260 g/mol. The first-order valence-electron chi connectivity index (χ1n) is 6.56. The van der Waals surface area contributed by atoms with E-state index in [1.807, 2.05) is 48.5 Å². The molecule has 20 heavy (non-hydrogen) atoms. The lowest BCUT2D eigenvalue weighted by molar-refractivity contribution is 1.57. The first kappa shape index (κ1) is 12.3. The van der Waals surface area contributed by atoms with Crippen molar-refractivity contribution in [3.8, 4) is 22.3 Å². The Morgan fingerprint density at radius 2 is 1.05 bits per heavy atom. The van der Waals surface area contributed by atoms with Gasteiger partial charge in [0.05, 0.1) is 0 Å². The van der Waals surface area contributed by atoms with Crippen molar-refractivity contribution in [2.24, 2.45) is 0 Å². The lowest BCUT2D eigenvalue weighted by Gasteiger charge is -2.14. The van der Waals surface area contributed by atoms with Gasteiger partial charge in [-0.25, -0.2) is 0 Å². The Hall–Kier alpha value is -2.74. The zero-order chi connectivity index (χ0) is 13.9. The molecule has 2 heteroatoms. The summed E-state index contributed by atoms with van der Waals surface area (Å²) in [7, 11) is 0. The molecule has 0 saturated carbocycles. The van der Waals surface area contributed by atoms with Crippen molar-refractivity contribution in [1.82, 2.24) is 0 Å². The molecule has 0 radical (unpaired) electrons. The topological polar surface area (TPSA) is 52.0 Å². The SMILES string of the molecule is Nc1cccc(N)c1-c1ccccc1-c1ccccc1. The van der Waals surface area contributed by atoms with Gasteiger partial charge in [0.1, 0.15) is 0 Å². The highest BCUT2D eigenvalue weighted by atomic mass is 14.6. The standard InChI is InChI=1S/C18H16N2/c19-16-11-6-12-17(20)18(16)15-10-5-4-9-14(15)13-7-2-1-3-8-13/h1-12H,19-20H2. The van der Waals surface area contributed by atoms with Gasteiger partial charge in [0.25, 0.3) is 0 Å². The third-order valence-electron chi connectivity index (χ3n) is 3.41. The average Bonchev–Trinajstić information content (AvgIpc) is 2.48. The molecule has 0 saturated heterocycles. The Bertz CT molecular complexity index is 713. The Kier molecular flexibility index (Phi) is 3.13. The van der Waals surface area contributed by atoms with Gasteiger partial charge in [0.15, 0.2) is 0 Å². The summed E-state index contributed by atoms with van der Waals surface area (Å²) in [6.07, 6.45) is 0. The molecule has 0 aliphatic heterocycles. The molecular weight excluding hydrogens is 244 g/mol. The van der Waals surface area contributed by atoms with Crippen LogP contribution in [0.4, 0.5) is 11.4 Å². The summed E-state index contributed by atoms with van der Waals surface area (Å²) < 4.78 is 0. The van der Waals surface area contributed by atoms with E-state index in [-0.39, 0.29) is 0 Å². The minimum absolute atomic E-state index is 0.702. The van der Waals surface area contributed by atoms with E-state index in [9.17, 15) is 0 Å². The van der Waals surface area contributed by atoms with Crippen LogP contribution in [0.25, 0.3) is 22.3 Å². The maximum atomic E-state index is 6.12. The lowest BCUT2D eigenvalue weighted by Crippen LogP contribution is -1.97. The van der Waals surface area contributed by atoms with Crippen molar-refractivity contribution in [3.63, 3.8) is 0 Å². The van der Waals surface area contributed by atoms with Gasteiger partial charge in [-0.2, -0.15) is 0 Å². The molecule has 0 atom stereocenters. The molecule has 98 valence electrons. The van der Waals surface area contributed by atoms with Gasteiger partial charge >= 0.3 is 0 Å². The van der Waals surface area contributed by atoms with Gasteiger partial charge < -0.3 is 11.5 Å². The zero-order valence-corrected chi connectivity index (χ0v) is 11.1. The molecular formula is C18H16N2. The number of rotatable bonds is 2. The highest BCUT2D eigenvalue weighted by Gasteiger charge is 2.11. The van der Waals surface area contributed by atoms with Crippen molar-refractivity contribution in [1.29, 1.82) is 0 Å². The predicted molar refractivity (Wildman–Crippen MR) is 86.1 cm³/mol. The maximum absolute atomic E-state index is 6.12. The van der Waals surface area contributed by atoms with Crippen LogP contribution in [0.2, 0.25) is 0 Å². The van der Waals surface area contributed by atoms with Crippen LogP contribution in [0.1, 0.15) is 0 Å². The molecule has 0 fully saturated rings. The summed E-state index contributed by atoms with van der Waals surface area (Å²) in [5, 5.41) is 0. The van der Waals surface area contributed by atoms with Crippen LogP contribution in [0.3, 0.4) is 0 Å². The van der Waals surface area contributed by atoms with Gasteiger partial charge in [-0.1, -0.05) is 60.7 Å². The van der Waals surface area contributed by atoms with E-state index < -0.39 is 0 Å². The van der Waals surface area contributed by atoms with Crippen LogP contribution < -0.4 is 11.5 Å². The number of nitrogens with two attached hydrogens (primary N) is 2. The summed E-state index contributed by atoms with van der Waals surface area (Å²) in [6, 6.07) is 24.1. The van der Waals surface area contributed by atoms with E-state index in [1.165, 1.54) is 0 Å². The first-order chi connectivity index (χ1) is 9.77. The second kappa shape index (κ2) is 5.10. The molecule has 0 unspecified atom stereocenters. The Labute approximate surface area is 118 Å². The number of hydrogen-bond acceptors (Lipinski definition) is 2. The van der Waals surface area contributed by atoms with E-state index in [0.29, 0.717) is 11.4 Å². The van der Waals surface area contributed by atoms with Crippen LogP contribution in [-0.4, -0.2) is 0 Å². The van der Waals surface area contributed by atoms with Crippen LogP contribution in [0, 0.1) is 0 Å². The second-order valence-electron chi connectivity index (χ2n) is 4.72. The molecule has 2 nitrogen and oxygen atoms in total. The Morgan fingerprint density at radius 1 is 0.500 bits per heavy atom. The van der Waals surface area contributed by atoms with Crippen LogP contribution in [0.5, 0.6) is 0 Å². The summed E-state index contributed by atoms with van der Waals surface area (Å²) >= 11 is 0. The molecule has 0 aliphatic rings.